The average molecular weight is 461 g/mol. The molecule has 0 heterocycles. The van der Waals surface area contributed by atoms with Crippen molar-refractivity contribution in [2.75, 3.05) is 10.0 Å². The highest BCUT2D eigenvalue weighted by molar-refractivity contribution is 7.93. The van der Waals surface area contributed by atoms with Gasteiger partial charge in [-0.2, -0.15) is 0 Å². The largest absolute Gasteiger partial charge is 0.325 e. The lowest BCUT2D eigenvalue weighted by molar-refractivity contribution is -0.118. The molecule has 0 atom stereocenters. The molecule has 2 N–H and O–H groups in total. The molecule has 8 heteroatoms. The van der Waals surface area contributed by atoms with Crippen LogP contribution in [0.2, 0.25) is 10.0 Å². The maximum atomic E-state index is 12.8. The minimum Gasteiger partial charge on any atom is -0.325 e. The van der Waals surface area contributed by atoms with Crippen molar-refractivity contribution in [1.29, 1.82) is 0 Å². The molecule has 1 amide bonds. The van der Waals surface area contributed by atoms with Crippen molar-refractivity contribution in [2.24, 2.45) is 0 Å². The van der Waals surface area contributed by atoms with E-state index in [0.29, 0.717) is 11.4 Å². The van der Waals surface area contributed by atoms with Gasteiger partial charge in [0.05, 0.1) is 15.5 Å². The fraction of sp³-hybridized carbons (Fsp3) is 0.136. The Morgan fingerprint density at radius 3 is 1.93 bits per heavy atom. The third-order valence-electron chi connectivity index (χ3n) is 5.09. The van der Waals surface area contributed by atoms with Crippen LogP contribution in [0.25, 0.3) is 0 Å². The van der Waals surface area contributed by atoms with E-state index in [-0.39, 0.29) is 20.8 Å². The van der Waals surface area contributed by atoms with Gasteiger partial charge in [0, 0.05) is 11.4 Å². The zero-order chi connectivity index (χ0) is 21.4. The smallest absolute Gasteiger partial charge is 0.264 e. The molecule has 1 fully saturated rings. The van der Waals surface area contributed by atoms with Crippen LogP contribution < -0.4 is 10.0 Å². The fourth-order valence-corrected chi connectivity index (χ4v) is 5.55. The number of nitrogens with one attached hydrogen (secondary N) is 2. The van der Waals surface area contributed by atoms with Gasteiger partial charge in [0.2, 0.25) is 5.91 Å². The van der Waals surface area contributed by atoms with Crippen LogP contribution in [0.15, 0.2) is 77.7 Å². The highest BCUT2D eigenvalue weighted by Crippen LogP contribution is 2.48. The second-order valence-electron chi connectivity index (χ2n) is 7.14. The average Bonchev–Trinajstić information content (AvgIpc) is 3.52. The van der Waals surface area contributed by atoms with Crippen molar-refractivity contribution in [3.05, 3.63) is 88.4 Å². The summed E-state index contributed by atoms with van der Waals surface area (Å²) in [5.41, 5.74) is 1.43. The summed E-state index contributed by atoms with van der Waals surface area (Å²) < 4.78 is 27.8. The molecule has 4 rings (SSSR count). The van der Waals surface area contributed by atoms with Gasteiger partial charge in [0.1, 0.15) is 4.90 Å². The Bertz CT molecular complexity index is 1170. The molecule has 0 aliphatic heterocycles. The quantitative estimate of drug-likeness (QED) is 0.512. The highest BCUT2D eigenvalue weighted by atomic mass is 35.5. The Labute approximate surface area is 185 Å². The van der Waals surface area contributed by atoms with Crippen LogP contribution in [0.5, 0.6) is 0 Å². The second kappa shape index (κ2) is 7.95. The lowest BCUT2D eigenvalue weighted by Gasteiger charge is -2.16. The maximum Gasteiger partial charge on any atom is 0.264 e. The summed E-state index contributed by atoms with van der Waals surface area (Å²) in [7, 11) is -3.96. The zero-order valence-corrected chi connectivity index (χ0v) is 18.1. The predicted molar refractivity (Wildman–Crippen MR) is 120 cm³/mol. The van der Waals surface area contributed by atoms with Crippen LogP contribution in [0.4, 0.5) is 11.4 Å². The summed E-state index contributed by atoms with van der Waals surface area (Å²) in [4.78, 5) is 12.6. The first kappa shape index (κ1) is 20.7. The highest BCUT2D eigenvalue weighted by Gasteiger charge is 2.51. The zero-order valence-electron chi connectivity index (χ0n) is 15.7. The van der Waals surface area contributed by atoms with Crippen LogP contribution in [0.1, 0.15) is 18.4 Å². The third kappa shape index (κ3) is 4.03. The number of hydrogen-bond donors (Lipinski definition) is 2. The molecular weight excluding hydrogens is 443 g/mol. The molecule has 0 aromatic heterocycles. The van der Waals surface area contributed by atoms with Gasteiger partial charge in [0.15, 0.2) is 0 Å². The Morgan fingerprint density at radius 1 is 0.800 bits per heavy atom. The molecule has 0 unspecified atom stereocenters. The topological polar surface area (TPSA) is 75.3 Å². The van der Waals surface area contributed by atoms with E-state index in [0.717, 1.165) is 18.4 Å². The van der Waals surface area contributed by atoms with Crippen LogP contribution in [0, 0.1) is 0 Å². The molecule has 0 saturated heterocycles. The first-order valence-corrected chi connectivity index (χ1v) is 11.5. The van der Waals surface area contributed by atoms with Crippen molar-refractivity contribution in [3.63, 3.8) is 0 Å². The summed E-state index contributed by atoms with van der Waals surface area (Å²) in [5.74, 6) is -0.0649. The van der Waals surface area contributed by atoms with Gasteiger partial charge >= 0.3 is 0 Å². The number of hydrogen-bond acceptors (Lipinski definition) is 3. The molecule has 30 heavy (non-hydrogen) atoms. The van der Waals surface area contributed by atoms with Crippen molar-refractivity contribution >= 4 is 50.5 Å². The number of rotatable bonds is 6. The van der Waals surface area contributed by atoms with Gasteiger partial charge in [0.25, 0.3) is 10.0 Å². The van der Waals surface area contributed by atoms with E-state index in [2.05, 4.69) is 10.0 Å². The Morgan fingerprint density at radius 2 is 1.37 bits per heavy atom. The molecule has 1 aliphatic rings. The second-order valence-corrected chi connectivity index (χ2v) is 9.57. The molecule has 3 aromatic rings. The third-order valence-corrected chi connectivity index (χ3v) is 7.43. The minimum atomic E-state index is -3.96. The monoisotopic (exact) mass is 460 g/mol. The van der Waals surface area contributed by atoms with Crippen LogP contribution in [-0.4, -0.2) is 14.3 Å². The molecule has 0 radical (unpaired) electrons. The summed E-state index contributed by atoms with van der Waals surface area (Å²) in [5, 5.41) is 3.00. The first-order chi connectivity index (χ1) is 14.3. The van der Waals surface area contributed by atoms with Gasteiger partial charge in [-0.05, 0) is 54.8 Å². The van der Waals surface area contributed by atoms with Crippen LogP contribution in [0.3, 0.4) is 0 Å². The number of sulfonamides is 1. The Hall–Kier alpha value is -2.54. The van der Waals surface area contributed by atoms with E-state index >= 15 is 0 Å². The number of carbonyl (C=O) groups is 1. The Kier molecular flexibility index (Phi) is 5.49. The molecule has 3 aromatic carbocycles. The van der Waals surface area contributed by atoms with Crippen LogP contribution in [-0.2, 0) is 20.2 Å². The normalized spacial score (nSPS) is 14.7. The van der Waals surface area contributed by atoms with E-state index in [4.69, 9.17) is 23.2 Å². The lowest BCUT2D eigenvalue weighted by atomic mass is 9.95. The molecule has 1 aliphatic carbocycles. The molecule has 0 spiro atoms. The number of carbonyl (C=O) groups excluding carboxylic acids is 1. The van der Waals surface area contributed by atoms with E-state index in [1.54, 1.807) is 30.3 Å². The molecule has 154 valence electrons. The van der Waals surface area contributed by atoms with Crippen molar-refractivity contribution < 1.29 is 13.2 Å². The minimum absolute atomic E-state index is 0.0366. The summed E-state index contributed by atoms with van der Waals surface area (Å²) in [6, 6.07) is 20.6. The molecular formula is C22H18Cl2N2O3S. The van der Waals surface area contributed by atoms with E-state index in [1.807, 2.05) is 30.3 Å². The Balaban J connectivity index is 1.48. The van der Waals surface area contributed by atoms with Crippen molar-refractivity contribution in [2.45, 2.75) is 23.2 Å². The molecule has 1 saturated carbocycles. The van der Waals surface area contributed by atoms with E-state index in [1.165, 1.54) is 12.1 Å². The van der Waals surface area contributed by atoms with Crippen molar-refractivity contribution in [3.8, 4) is 0 Å². The van der Waals surface area contributed by atoms with Gasteiger partial charge in [-0.1, -0.05) is 59.6 Å². The summed E-state index contributed by atoms with van der Waals surface area (Å²) in [6.45, 7) is 0. The number of amides is 1. The van der Waals surface area contributed by atoms with E-state index < -0.39 is 15.4 Å². The van der Waals surface area contributed by atoms with Gasteiger partial charge in [-0.15, -0.1) is 0 Å². The predicted octanol–water partition coefficient (Wildman–Crippen LogP) is 5.46. The number of benzene rings is 3. The van der Waals surface area contributed by atoms with Crippen molar-refractivity contribution in [1.82, 2.24) is 0 Å². The summed E-state index contributed by atoms with van der Waals surface area (Å²) in [6.07, 6.45) is 1.61. The lowest BCUT2D eigenvalue weighted by Crippen LogP contribution is -2.27. The van der Waals surface area contributed by atoms with Gasteiger partial charge < -0.3 is 5.32 Å². The SMILES string of the molecule is O=C(Nc1ccc(NS(=O)(=O)c2c(Cl)cccc2Cl)cc1)C1(c2ccccc2)CC1. The van der Waals surface area contributed by atoms with Gasteiger partial charge in [-0.25, -0.2) is 8.42 Å². The van der Waals surface area contributed by atoms with Gasteiger partial charge in [-0.3, -0.25) is 9.52 Å². The molecule has 0 bridgehead atoms. The first-order valence-electron chi connectivity index (χ1n) is 9.26. The summed E-state index contributed by atoms with van der Waals surface area (Å²) >= 11 is 12.0. The number of anilines is 2. The standard InChI is InChI=1S/C22H18Cl2N2O3S/c23-18-7-4-8-19(24)20(18)30(28,29)26-17-11-9-16(10-12-17)25-21(27)22(13-14-22)15-5-2-1-3-6-15/h1-12,26H,13-14H2,(H,25,27). The fourth-order valence-electron chi connectivity index (χ4n) is 3.35. The van der Waals surface area contributed by atoms with E-state index in [9.17, 15) is 13.2 Å². The van der Waals surface area contributed by atoms with Crippen LogP contribution >= 0.6 is 23.2 Å². The maximum absolute atomic E-state index is 12.8. The number of halogens is 2. The molecule has 5 nitrogen and oxygen atoms in total.